The normalized spacial score (nSPS) is 11.8. The number of rotatable bonds is 5. The first-order valence-electron chi connectivity index (χ1n) is 8.50. The number of hydrogen-bond donors (Lipinski definition) is 1. The Bertz CT molecular complexity index is 1040. The molecule has 7 heteroatoms. The highest BCUT2D eigenvalue weighted by Gasteiger charge is 2.21. The molecule has 1 atom stereocenters. The number of amides is 1. The van der Waals surface area contributed by atoms with Gasteiger partial charge in [0.2, 0.25) is 5.91 Å². The summed E-state index contributed by atoms with van der Waals surface area (Å²) in [6, 6.07) is 12.7. The minimum atomic E-state index is -0.699. The number of aromatic nitrogens is 2. The van der Waals surface area contributed by atoms with Crippen molar-refractivity contribution < 1.29 is 14.3 Å². The molecule has 0 radical (unpaired) electrons. The van der Waals surface area contributed by atoms with E-state index < -0.39 is 12.0 Å². The van der Waals surface area contributed by atoms with Crippen molar-refractivity contribution in [3.8, 4) is 0 Å². The van der Waals surface area contributed by atoms with E-state index in [1.165, 1.54) is 18.0 Å². The van der Waals surface area contributed by atoms with Crippen LogP contribution in [0.4, 0.5) is 5.69 Å². The topological polar surface area (TPSA) is 90.3 Å². The molecule has 0 aliphatic rings. The van der Waals surface area contributed by atoms with Crippen LogP contribution in [0.3, 0.4) is 0 Å². The smallest absolute Gasteiger partial charge is 0.337 e. The summed E-state index contributed by atoms with van der Waals surface area (Å²) in [5.74, 6) is -0.782. The third-order valence-electron chi connectivity index (χ3n) is 4.29. The summed E-state index contributed by atoms with van der Waals surface area (Å²) in [4.78, 5) is 41.2. The molecule has 27 heavy (non-hydrogen) atoms. The largest absolute Gasteiger partial charge is 0.465 e. The van der Waals surface area contributed by atoms with Gasteiger partial charge in [0, 0.05) is 5.69 Å². The van der Waals surface area contributed by atoms with Crippen molar-refractivity contribution in [2.75, 3.05) is 12.4 Å². The lowest BCUT2D eigenvalue weighted by Gasteiger charge is -2.18. The van der Waals surface area contributed by atoms with Gasteiger partial charge in [-0.25, -0.2) is 9.78 Å². The fourth-order valence-electron chi connectivity index (χ4n) is 2.85. The Morgan fingerprint density at radius 1 is 1.15 bits per heavy atom. The van der Waals surface area contributed by atoms with Crippen LogP contribution in [-0.2, 0) is 9.53 Å². The van der Waals surface area contributed by atoms with Gasteiger partial charge in [-0.1, -0.05) is 19.1 Å². The van der Waals surface area contributed by atoms with Crippen molar-refractivity contribution in [1.29, 1.82) is 0 Å². The monoisotopic (exact) mass is 365 g/mol. The minimum absolute atomic E-state index is 0.261. The number of methoxy groups -OCH3 is 1. The van der Waals surface area contributed by atoms with Gasteiger partial charge in [0.05, 0.1) is 29.9 Å². The minimum Gasteiger partial charge on any atom is -0.465 e. The zero-order valence-corrected chi connectivity index (χ0v) is 15.0. The van der Waals surface area contributed by atoms with Crippen molar-refractivity contribution in [1.82, 2.24) is 9.55 Å². The average Bonchev–Trinajstić information content (AvgIpc) is 2.70. The molecule has 1 heterocycles. The van der Waals surface area contributed by atoms with Crippen molar-refractivity contribution in [3.63, 3.8) is 0 Å². The third-order valence-corrected chi connectivity index (χ3v) is 4.29. The molecule has 3 aromatic rings. The summed E-state index contributed by atoms with van der Waals surface area (Å²) < 4.78 is 6.00. The number of anilines is 1. The van der Waals surface area contributed by atoms with Crippen LogP contribution in [0.15, 0.2) is 59.7 Å². The fourth-order valence-corrected chi connectivity index (χ4v) is 2.85. The number of hydrogen-bond acceptors (Lipinski definition) is 5. The second-order valence-electron chi connectivity index (χ2n) is 5.96. The maximum atomic E-state index is 12.7. The van der Waals surface area contributed by atoms with Gasteiger partial charge in [-0.05, 0) is 42.8 Å². The summed E-state index contributed by atoms with van der Waals surface area (Å²) in [5, 5.41) is 3.24. The Hall–Kier alpha value is -3.48. The van der Waals surface area contributed by atoms with Crippen LogP contribution in [0.25, 0.3) is 10.9 Å². The van der Waals surface area contributed by atoms with E-state index in [0.717, 1.165) is 0 Å². The van der Waals surface area contributed by atoms with Gasteiger partial charge in [0.1, 0.15) is 6.04 Å². The zero-order valence-electron chi connectivity index (χ0n) is 15.0. The third kappa shape index (κ3) is 3.72. The second-order valence-corrected chi connectivity index (χ2v) is 5.96. The number of carbonyl (C=O) groups excluding carboxylic acids is 2. The summed E-state index contributed by atoms with van der Waals surface area (Å²) in [6.45, 7) is 1.83. The quantitative estimate of drug-likeness (QED) is 0.702. The van der Waals surface area contributed by atoms with E-state index in [2.05, 4.69) is 15.0 Å². The molecule has 0 aliphatic heterocycles. The first-order chi connectivity index (χ1) is 13.0. The maximum absolute atomic E-state index is 12.7. The standard InChI is InChI=1S/C20H19N3O4/c1-3-17(23-12-21-16-7-5-4-6-15(16)19(23)25)18(24)22-14-10-8-13(9-11-14)20(26)27-2/h4-12,17H,3H2,1-2H3,(H,22,24)/t17-/m0/s1. The molecule has 138 valence electrons. The van der Waals surface area contributed by atoms with E-state index in [-0.39, 0.29) is 11.5 Å². The predicted octanol–water partition coefficient (Wildman–Crippen LogP) is 2.77. The summed E-state index contributed by atoms with van der Waals surface area (Å²) in [7, 11) is 1.30. The van der Waals surface area contributed by atoms with Crippen LogP contribution in [0.1, 0.15) is 29.7 Å². The van der Waals surface area contributed by atoms with Crippen LogP contribution in [-0.4, -0.2) is 28.5 Å². The van der Waals surface area contributed by atoms with Crippen molar-refractivity contribution >= 4 is 28.5 Å². The SMILES string of the molecule is CC[C@@H](C(=O)Nc1ccc(C(=O)OC)cc1)n1cnc2ccccc2c1=O. The molecule has 0 bridgehead atoms. The van der Waals surface area contributed by atoms with Crippen LogP contribution in [0, 0.1) is 0 Å². The van der Waals surface area contributed by atoms with E-state index >= 15 is 0 Å². The van der Waals surface area contributed by atoms with Crippen LogP contribution >= 0.6 is 0 Å². The molecule has 0 saturated heterocycles. The van der Waals surface area contributed by atoms with Crippen molar-refractivity contribution in [3.05, 3.63) is 70.8 Å². The number of ether oxygens (including phenoxy) is 1. The van der Waals surface area contributed by atoms with Crippen LogP contribution < -0.4 is 10.9 Å². The maximum Gasteiger partial charge on any atom is 0.337 e. The predicted molar refractivity (Wildman–Crippen MR) is 102 cm³/mol. The van der Waals surface area contributed by atoms with E-state index in [0.29, 0.717) is 28.6 Å². The number of carbonyl (C=O) groups is 2. The number of nitrogens with one attached hydrogen (secondary N) is 1. The molecule has 0 unspecified atom stereocenters. The highest BCUT2D eigenvalue weighted by molar-refractivity contribution is 5.95. The molecule has 0 aliphatic carbocycles. The molecule has 0 spiro atoms. The van der Waals surface area contributed by atoms with E-state index in [1.807, 2.05) is 6.92 Å². The van der Waals surface area contributed by atoms with Crippen LogP contribution in [0.2, 0.25) is 0 Å². The number of benzene rings is 2. The van der Waals surface area contributed by atoms with Gasteiger partial charge < -0.3 is 10.1 Å². The van der Waals surface area contributed by atoms with Gasteiger partial charge in [-0.15, -0.1) is 0 Å². The van der Waals surface area contributed by atoms with E-state index in [1.54, 1.807) is 48.5 Å². The molecule has 2 aromatic carbocycles. The van der Waals surface area contributed by atoms with Crippen LogP contribution in [0.5, 0.6) is 0 Å². The van der Waals surface area contributed by atoms with Gasteiger partial charge in [0.15, 0.2) is 0 Å². The second kappa shape index (κ2) is 7.82. The summed E-state index contributed by atoms with van der Waals surface area (Å²) in [5.41, 5.74) is 1.24. The molecule has 0 fully saturated rings. The lowest BCUT2D eigenvalue weighted by Crippen LogP contribution is -2.33. The summed E-state index contributed by atoms with van der Waals surface area (Å²) >= 11 is 0. The first-order valence-corrected chi connectivity index (χ1v) is 8.50. The zero-order chi connectivity index (χ0) is 19.4. The molecular formula is C20H19N3O4. The van der Waals surface area contributed by atoms with Gasteiger partial charge in [-0.2, -0.15) is 0 Å². The highest BCUT2D eigenvalue weighted by Crippen LogP contribution is 2.16. The summed E-state index contributed by atoms with van der Waals surface area (Å²) in [6.07, 6.45) is 1.82. The lowest BCUT2D eigenvalue weighted by atomic mass is 10.1. The Labute approximate surface area is 155 Å². The molecule has 0 saturated carbocycles. The molecule has 1 aromatic heterocycles. The Balaban J connectivity index is 1.85. The first kappa shape index (κ1) is 18.3. The van der Waals surface area contributed by atoms with Gasteiger partial charge in [-0.3, -0.25) is 14.2 Å². The number of fused-ring (bicyclic) bond motifs is 1. The van der Waals surface area contributed by atoms with Crippen molar-refractivity contribution in [2.24, 2.45) is 0 Å². The molecule has 1 N–H and O–H groups in total. The van der Waals surface area contributed by atoms with E-state index in [4.69, 9.17) is 0 Å². The molecule has 3 rings (SSSR count). The van der Waals surface area contributed by atoms with E-state index in [9.17, 15) is 14.4 Å². The average molecular weight is 365 g/mol. The number of nitrogens with zero attached hydrogens (tertiary/aromatic N) is 2. The molecular weight excluding hydrogens is 346 g/mol. The molecule has 7 nitrogen and oxygen atoms in total. The fraction of sp³-hybridized carbons (Fsp3) is 0.200. The molecule has 1 amide bonds. The highest BCUT2D eigenvalue weighted by atomic mass is 16.5. The van der Waals surface area contributed by atoms with Gasteiger partial charge in [0.25, 0.3) is 5.56 Å². The number of esters is 1. The lowest BCUT2D eigenvalue weighted by molar-refractivity contribution is -0.119. The Morgan fingerprint density at radius 2 is 1.85 bits per heavy atom. The van der Waals surface area contributed by atoms with Crippen molar-refractivity contribution in [2.45, 2.75) is 19.4 Å². The van der Waals surface area contributed by atoms with Gasteiger partial charge >= 0.3 is 5.97 Å². The number of para-hydroxylation sites is 1. The Kier molecular flexibility index (Phi) is 5.30. The Morgan fingerprint density at radius 3 is 2.52 bits per heavy atom.